The Kier molecular flexibility index (Phi) is 4.16. The lowest BCUT2D eigenvalue weighted by molar-refractivity contribution is 0.0929. The summed E-state index contributed by atoms with van der Waals surface area (Å²) in [6.45, 7) is 3.24. The molecule has 4 heterocycles. The largest absolute Gasteiger partial charge is 0.469 e. The van der Waals surface area contributed by atoms with E-state index in [1.807, 2.05) is 0 Å². The first kappa shape index (κ1) is 16.3. The molecule has 0 radical (unpaired) electrons. The van der Waals surface area contributed by atoms with Crippen molar-refractivity contribution in [2.75, 3.05) is 18.0 Å². The maximum Gasteiger partial charge on any atom is 0.258 e. The molecule has 0 aromatic carbocycles. The molecule has 1 aliphatic heterocycles. The second-order valence-electron chi connectivity index (χ2n) is 6.39. The SMILES string of the molecule is Cc1occc1C(=O)NC1CCN(c2nccc3c(=O)[nH]cnc23)CC1. The summed E-state index contributed by atoms with van der Waals surface area (Å²) in [5, 5.41) is 3.59. The third-order valence-corrected chi connectivity index (χ3v) is 4.77. The lowest BCUT2D eigenvalue weighted by Gasteiger charge is -2.33. The second-order valence-corrected chi connectivity index (χ2v) is 6.39. The molecule has 26 heavy (non-hydrogen) atoms. The molecule has 0 bridgehead atoms. The number of carbonyl (C=O) groups excluding carboxylic acids is 1. The summed E-state index contributed by atoms with van der Waals surface area (Å²) in [6.07, 6.45) is 6.14. The molecular weight excluding hydrogens is 334 g/mol. The van der Waals surface area contributed by atoms with Gasteiger partial charge in [0.2, 0.25) is 0 Å². The van der Waals surface area contributed by atoms with Crippen molar-refractivity contribution in [3.8, 4) is 0 Å². The van der Waals surface area contributed by atoms with Gasteiger partial charge in [0.1, 0.15) is 11.3 Å². The Morgan fingerprint density at radius 3 is 2.85 bits per heavy atom. The molecule has 1 amide bonds. The number of H-pyrrole nitrogens is 1. The predicted octanol–water partition coefficient (Wildman–Crippen LogP) is 1.62. The van der Waals surface area contributed by atoms with Gasteiger partial charge in [0.15, 0.2) is 5.82 Å². The first-order chi connectivity index (χ1) is 12.6. The first-order valence-corrected chi connectivity index (χ1v) is 8.56. The molecule has 3 aromatic heterocycles. The number of pyridine rings is 1. The topological polar surface area (TPSA) is 104 Å². The molecular formula is C18H19N5O3. The molecule has 0 unspecified atom stereocenters. The number of nitrogens with one attached hydrogen (secondary N) is 2. The van der Waals surface area contributed by atoms with E-state index in [9.17, 15) is 9.59 Å². The number of furan rings is 1. The van der Waals surface area contributed by atoms with Crippen molar-refractivity contribution in [2.45, 2.75) is 25.8 Å². The van der Waals surface area contributed by atoms with Crippen molar-refractivity contribution < 1.29 is 9.21 Å². The number of aryl methyl sites for hydroxylation is 1. The van der Waals surface area contributed by atoms with Crippen LogP contribution < -0.4 is 15.8 Å². The number of amides is 1. The Morgan fingerprint density at radius 2 is 2.12 bits per heavy atom. The van der Waals surface area contributed by atoms with Gasteiger partial charge in [0.25, 0.3) is 11.5 Å². The van der Waals surface area contributed by atoms with E-state index < -0.39 is 0 Å². The van der Waals surface area contributed by atoms with E-state index >= 15 is 0 Å². The Balaban J connectivity index is 1.46. The van der Waals surface area contributed by atoms with Crippen molar-refractivity contribution in [1.29, 1.82) is 0 Å². The normalized spacial score (nSPS) is 15.3. The third kappa shape index (κ3) is 2.94. The van der Waals surface area contributed by atoms with Gasteiger partial charge in [-0.05, 0) is 31.9 Å². The van der Waals surface area contributed by atoms with Gasteiger partial charge in [0, 0.05) is 25.3 Å². The molecule has 1 fully saturated rings. The van der Waals surface area contributed by atoms with Crippen LogP contribution in [0.4, 0.5) is 5.82 Å². The minimum absolute atomic E-state index is 0.0967. The molecule has 134 valence electrons. The van der Waals surface area contributed by atoms with Crippen molar-refractivity contribution in [1.82, 2.24) is 20.3 Å². The zero-order valence-electron chi connectivity index (χ0n) is 14.4. The molecule has 8 nitrogen and oxygen atoms in total. The van der Waals surface area contributed by atoms with Crippen molar-refractivity contribution >= 4 is 22.6 Å². The molecule has 0 saturated carbocycles. The highest BCUT2D eigenvalue weighted by molar-refractivity contribution is 5.95. The second kappa shape index (κ2) is 6.62. The fourth-order valence-electron chi connectivity index (χ4n) is 3.34. The van der Waals surface area contributed by atoms with Crippen molar-refractivity contribution in [3.05, 3.63) is 52.6 Å². The van der Waals surface area contributed by atoms with Gasteiger partial charge >= 0.3 is 0 Å². The number of piperidine rings is 1. The van der Waals surface area contributed by atoms with Gasteiger partial charge in [-0.2, -0.15) is 0 Å². The summed E-state index contributed by atoms with van der Waals surface area (Å²) < 4.78 is 5.19. The van der Waals surface area contributed by atoms with E-state index in [-0.39, 0.29) is 17.5 Å². The minimum Gasteiger partial charge on any atom is -0.469 e. The Morgan fingerprint density at radius 1 is 1.31 bits per heavy atom. The number of nitrogens with zero attached hydrogens (tertiary/aromatic N) is 3. The zero-order chi connectivity index (χ0) is 18.1. The predicted molar refractivity (Wildman–Crippen MR) is 96.3 cm³/mol. The van der Waals surface area contributed by atoms with E-state index in [2.05, 4.69) is 25.2 Å². The standard InChI is InChI=1S/C18H19N5O3/c1-11-13(5-9-26-11)18(25)22-12-3-7-23(8-4-12)16-15-14(2-6-19-16)17(24)21-10-20-15/h2,5-6,9-10,12H,3-4,7-8H2,1H3,(H,22,25)(H,20,21,24). The average molecular weight is 353 g/mol. The van der Waals surface area contributed by atoms with Crippen LogP contribution in [-0.4, -0.2) is 40.0 Å². The molecule has 0 spiro atoms. The van der Waals surface area contributed by atoms with Crippen molar-refractivity contribution in [3.63, 3.8) is 0 Å². The third-order valence-electron chi connectivity index (χ3n) is 4.77. The quantitative estimate of drug-likeness (QED) is 0.741. The molecule has 0 aliphatic carbocycles. The van der Waals surface area contributed by atoms with Crippen LogP contribution in [0, 0.1) is 6.92 Å². The monoisotopic (exact) mass is 353 g/mol. The van der Waals surface area contributed by atoms with Crippen LogP contribution in [0.5, 0.6) is 0 Å². The molecule has 0 atom stereocenters. The van der Waals surface area contributed by atoms with Gasteiger partial charge in [-0.25, -0.2) is 9.97 Å². The van der Waals surface area contributed by atoms with Gasteiger partial charge in [-0.1, -0.05) is 0 Å². The van der Waals surface area contributed by atoms with Crippen LogP contribution in [0.25, 0.3) is 10.9 Å². The number of aromatic nitrogens is 3. The fourth-order valence-corrected chi connectivity index (χ4v) is 3.34. The van der Waals surface area contributed by atoms with Crippen LogP contribution in [0.15, 0.2) is 40.1 Å². The summed E-state index contributed by atoms with van der Waals surface area (Å²) in [7, 11) is 0. The highest BCUT2D eigenvalue weighted by Crippen LogP contribution is 2.23. The molecule has 8 heteroatoms. The van der Waals surface area contributed by atoms with Crippen LogP contribution >= 0.6 is 0 Å². The minimum atomic E-state index is -0.170. The lowest BCUT2D eigenvalue weighted by atomic mass is 10.0. The van der Waals surface area contributed by atoms with Gasteiger partial charge in [-0.15, -0.1) is 0 Å². The average Bonchev–Trinajstić information content (AvgIpc) is 3.09. The molecule has 3 aromatic rings. The fraction of sp³-hybridized carbons (Fsp3) is 0.333. The number of anilines is 1. The van der Waals surface area contributed by atoms with E-state index in [0.29, 0.717) is 28.0 Å². The maximum absolute atomic E-state index is 12.3. The van der Waals surface area contributed by atoms with E-state index in [1.54, 1.807) is 25.3 Å². The van der Waals surface area contributed by atoms with Gasteiger partial charge in [-0.3, -0.25) is 9.59 Å². The van der Waals surface area contributed by atoms with Gasteiger partial charge in [0.05, 0.1) is 23.5 Å². The lowest BCUT2D eigenvalue weighted by Crippen LogP contribution is -2.45. The molecule has 2 N–H and O–H groups in total. The van der Waals surface area contributed by atoms with E-state index in [4.69, 9.17) is 4.42 Å². The highest BCUT2D eigenvalue weighted by atomic mass is 16.3. The number of fused-ring (bicyclic) bond motifs is 1. The molecule has 4 rings (SSSR count). The van der Waals surface area contributed by atoms with E-state index in [0.717, 1.165) is 25.9 Å². The summed E-state index contributed by atoms with van der Waals surface area (Å²) in [4.78, 5) is 37.6. The molecule has 1 saturated heterocycles. The number of carbonyl (C=O) groups is 1. The Hall–Kier alpha value is -3.16. The van der Waals surface area contributed by atoms with Gasteiger partial charge < -0.3 is 19.6 Å². The first-order valence-electron chi connectivity index (χ1n) is 8.56. The number of hydrogen-bond acceptors (Lipinski definition) is 6. The van der Waals surface area contributed by atoms with Crippen molar-refractivity contribution in [2.24, 2.45) is 0 Å². The molecule has 1 aliphatic rings. The maximum atomic E-state index is 12.3. The zero-order valence-corrected chi connectivity index (χ0v) is 14.4. The Labute approximate surface area is 149 Å². The summed E-state index contributed by atoms with van der Waals surface area (Å²) >= 11 is 0. The summed E-state index contributed by atoms with van der Waals surface area (Å²) in [6, 6.07) is 3.45. The summed E-state index contributed by atoms with van der Waals surface area (Å²) in [5.74, 6) is 1.23. The van der Waals surface area contributed by atoms with Crippen LogP contribution in [-0.2, 0) is 0 Å². The Bertz CT molecular complexity index is 1000. The number of rotatable bonds is 3. The van der Waals surface area contributed by atoms with Crippen LogP contribution in [0.3, 0.4) is 0 Å². The smallest absolute Gasteiger partial charge is 0.258 e. The van der Waals surface area contributed by atoms with Crippen LogP contribution in [0.2, 0.25) is 0 Å². The summed E-state index contributed by atoms with van der Waals surface area (Å²) in [5.41, 5.74) is 1.01. The highest BCUT2D eigenvalue weighted by Gasteiger charge is 2.24. The number of hydrogen-bond donors (Lipinski definition) is 2. The van der Waals surface area contributed by atoms with Crippen LogP contribution in [0.1, 0.15) is 29.0 Å². The van der Waals surface area contributed by atoms with E-state index in [1.165, 1.54) is 12.6 Å². The number of aromatic amines is 1.